The summed E-state index contributed by atoms with van der Waals surface area (Å²) in [6.07, 6.45) is 17.3. The zero-order chi connectivity index (χ0) is 30.1. The van der Waals surface area contributed by atoms with Crippen molar-refractivity contribution >= 4 is 19.8 Å². The highest BCUT2D eigenvalue weighted by atomic mass is 31.2. The van der Waals surface area contributed by atoms with Crippen LogP contribution in [0.2, 0.25) is 0 Å². The summed E-state index contributed by atoms with van der Waals surface area (Å²) in [5.74, 6) is -0.843. The molecular formula is C30H60NO8P. The third kappa shape index (κ3) is 27.2. The van der Waals surface area contributed by atoms with E-state index in [1.165, 1.54) is 57.8 Å². The van der Waals surface area contributed by atoms with Crippen LogP contribution < -0.4 is 4.89 Å². The van der Waals surface area contributed by atoms with E-state index in [2.05, 4.69) is 13.8 Å². The van der Waals surface area contributed by atoms with Crippen LogP contribution >= 0.6 is 7.82 Å². The number of hydrogen-bond donors (Lipinski definition) is 0. The van der Waals surface area contributed by atoms with Gasteiger partial charge in [0.15, 0.2) is 6.10 Å². The molecule has 0 bridgehead atoms. The van der Waals surface area contributed by atoms with Crippen molar-refractivity contribution in [1.29, 1.82) is 0 Å². The Morgan fingerprint density at radius 2 is 1.12 bits per heavy atom. The number of unbranched alkanes of at least 4 members (excludes halogenated alkanes) is 14. The van der Waals surface area contributed by atoms with Gasteiger partial charge in [-0.1, -0.05) is 104 Å². The first-order chi connectivity index (χ1) is 19.0. The highest BCUT2D eigenvalue weighted by molar-refractivity contribution is 7.45. The normalized spacial score (nSPS) is 14.1. The minimum absolute atomic E-state index is 0.0270. The average molecular weight is 594 g/mol. The van der Waals surface area contributed by atoms with Gasteiger partial charge in [-0.25, -0.2) is 0 Å². The highest BCUT2D eigenvalue weighted by Crippen LogP contribution is 2.38. The third-order valence-corrected chi connectivity index (χ3v) is 7.59. The van der Waals surface area contributed by atoms with Gasteiger partial charge >= 0.3 is 11.9 Å². The van der Waals surface area contributed by atoms with Crippen molar-refractivity contribution in [2.45, 2.75) is 136 Å². The number of ether oxygens (including phenoxy) is 2. The molecule has 0 fully saturated rings. The number of hydrogen-bond acceptors (Lipinski definition) is 8. The molecule has 0 saturated carbocycles. The summed E-state index contributed by atoms with van der Waals surface area (Å²) >= 11 is 0. The number of phosphoric ester groups is 1. The lowest BCUT2D eigenvalue weighted by molar-refractivity contribution is -0.870. The topological polar surface area (TPSA) is 111 Å². The van der Waals surface area contributed by atoms with Crippen molar-refractivity contribution in [2.24, 2.45) is 0 Å². The molecule has 2 unspecified atom stereocenters. The van der Waals surface area contributed by atoms with Crippen molar-refractivity contribution in [1.82, 2.24) is 0 Å². The predicted molar refractivity (Wildman–Crippen MR) is 158 cm³/mol. The lowest BCUT2D eigenvalue weighted by Gasteiger charge is -2.28. The fourth-order valence-electron chi connectivity index (χ4n) is 4.06. The van der Waals surface area contributed by atoms with E-state index in [-0.39, 0.29) is 26.1 Å². The number of rotatable bonds is 28. The highest BCUT2D eigenvalue weighted by Gasteiger charge is 2.21. The van der Waals surface area contributed by atoms with Crippen LogP contribution in [0.1, 0.15) is 129 Å². The lowest BCUT2D eigenvalue weighted by atomic mass is 10.1. The molecule has 0 aliphatic carbocycles. The number of likely N-dealkylation sites (N-methyl/N-ethyl adjacent to an activating group) is 1. The van der Waals surface area contributed by atoms with Crippen LogP contribution in [0.15, 0.2) is 0 Å². The first-order valence-electron chi connectivity index (χ1n) is 15.7. The first-order valence-corrected chi connectivity index (χ1v) is 17.2. The number of esters is 2. The van der Waals surface area contributed by atoms with Gasteiger partial charge in [0.2, 0.25) is 0 Å². The fraction of sp³-hybridized carbons (Fsp3) is 0.933. The second-order valence-electron chi connectivity index (χ2n) is 11.8. The summed E-state index contributed by atoms with van der Waals surface area (Å²) in [4.78, 5) is 36.8. The molecule has 0 saturated heterocycles. The monoisotopic (exact) mass is 593 g/mol. The van der Waals surface area contributed by atoms with E-state index in [1.54, 1.807) is 0 Å². The number of carbonyl (C=O) groups is 2. The van der Waals surface area contributed by atoms with Crippen LogP contribution in [0.4, 0.5) is 0 Å². The van der Waals surface area contributed by atoms with Gasteiger partial charge in [-0.05, 0) is 12.8 Å². The van der Waals surface area contributed by atoms with E-state index in [0.29, 0.717) is 17.4 Å². The van der Waals surface area contributed by atoms with Gasteiger partial charge in [-0.3, -0.25) is 14.2 Å². The second kappa shape index (κ2) is 24.6. The summed E-state index contributed by atoms with van der Waals surface area (Å²) < 4.78 is 33.4. The van der Waals surface area contributed by atoms with Gasteiger partial charge in [0, 0.05) is 12.8 Å². The summed E-state index contributed by atoms with van der Waals surface area (Å²) in [5, 5.41) is 0. The van der Waals surface area contributed by atoms with Crippen molar-refractivity contribution in [3.8, 4) is 0 Å². The Morgan fingerprint density at radius 1 is 0.675 bits per heavy atom. The van der Waals surface area contributed by atoms with Gasteiger partial charge < -0.3 is 27.9 Å². The number of carbonyl (C=O) groups excluding carboxylic acids is 2. The van der Waals surface area contributed by atoms with Crippen LogP contribution in [0.5, 0.6) is 0 Å². The first kappa shape index (κ1) is 39.0. The van der Waals surface area contributed by atoms with Gasteiger partial charge in [0.05, 0.1) is 27.7 Å². The van der Waals surface area contributed by atoms with Crippen molar-refractivity contribution in [2.75, 3.05) is 47.5 Å². The molecule has 0 spiro atoms. The Balaban J connectivity index is 4.54. The molecule has 0 aromatic heterocycles. The Morgan fingerprint density at radius 3 is 1.60 bits per heavy atom. The van der Waals surface area contributed by atoms with Gasteiger partial charge in [0.25, 0.3) is 7.82 Å². The van der Waals surface area contributed by atoms with Crippen LogP contribution in [-0.2, 0) is 32.7 Å². The van der Waals surface area contributed by atoms with Crippen LogP contribution in [0, 0.1) is 0 Å². The summed E-state index contributed by atoms with van der Waals surface area (Å²) in [6, 6.07) is 0. The van der Waals surface area contributed by atoms with Gasteiger partial charge in [-0.2, -0.15) is 0 Å². The quantitative estimate of drug-likeness (QED) is 0.0426. The zero-order valence-corrected chi connectivity index (χ0v) is 27.2. The van der Waals surface area contributed by atoms with E-state index in [1.807, 2.05) is 21.1 Å². The minimum Gasteiger partial charge on any atom is -0.756 e. The standard InChI is InChI=1S/C30H60NO8P/c1-6-8-10-12-14-15-17-19-21-23-30(33)39-28(27-38-40(34,35)37-25-24-31(3,4)5)26-36-29(32)22-20-18-16-13-11-9-7-2/h28H,6-27H2,1-5H3. The van der Waals surface area contributed by atoms with E-state index >= 15 is 0 Å². The molecular weight excluding hydrogens is 533 g/mol. The van der Waals surface area contributed by atoms with Crippen LogP contribution in [-0.4, -0.2) is 70.0 Å². The number of nitrogens with zero attached hydrogens (tertiary/aromatic N) is 1. The largest absolute Gasteiger partial charge is 0.756 e. The maximum absolute atomic E-state index is 12.4. The van der Waals surface area contributed by atoms with E-state index in [4.69, 9.17) is 18.5 Å². The molecule has 0 heterocycles. The summed E-state index contributed by atoms with van der Waals surface area (Å²) in [5.41, 5.74) is 0. The average Bonchev–Trinajstić information content (AvgIpc) is 2.88. The molecule has 0 aliphatic heterocycles. The molecule has 0 aliphatic rings. The molecule has 0 rings (SSSR count). The fourth-order valence-corrected chi connectivity index (χ4v) is 4.79. The Hall–Kier alpha value is -0.990. The zero-order valence-electron chi connectivity index (χ0n) is 26.3. The minimum atomic E-state index is -4.59. The molecule has 0 amide bonds. The molecule has 0 N–H and O–H groups in total. The predicted octanol–water partition coefficient (Wildman–Crippen LogP) is 6.71. The molecule has 0 aromatic rings. The molecule has 238 valence electrons. The molecule has 40 heavy (non-hydrogen) atoms. The van der Waals surface area contributed by atoms with Crippen LogP contribution in [0.3, 0.4) is 0 Å². The van der Waals surface area contributed by atoms with Crippen molar-refractivity contribution in [3.63, 3.8) is 0 Å². The molecule has 0 aromatic carbocycles. The smallest absolute Gasteiger partial charge is 0.306 e. The maximum atomic E-state index is 12.4. The SMILES string of the molecule is CCCCCCCCCCCC(=O)OC(COC(=O)CCCCCCCCC)COP(=O)([O-])OCC[N+](C)(C)C. The number of phosphoric acid groups is 1. The lowest BCUT2D eigenvalue weighted by Crippen LogP contribution is -2.37. The maximum Gasteiger partial charge on any atom is 0.306 e. The molecule has 0 radical (unpaired) electrons. The molecule has 2 atom stereocenters. The van der Waals surface area contributed by atoms with Gasteiger partial charge in [-0.15, -0.1) is 0 Å². The molecule has 9 nitrogen and oxygen atoms in total. The van der Waals surface area contributed by atoms with Crippen molar-refractivity contribution in [3.05, 3.63) is 0 Å². The molecule has 10 heteroatoms. The second-order valence-corrected chi connectivity index (χ2v) is 13.2. The summed E-state index contributed by atoms with van der Waals surface area (Å²) in [7, 11) is 1.17. The van der Waals surface area contributed by atoms with Gasteiger partial charge in [0.1, 0.15) is 19.8 Å². The summed E-state index contributed by atoms with van der Waals surface area (Å²) in [6.45, 7) is 4.12. The Kier molecular flexibility index (Phi) is 24.0. The van der Waals surface area contributed by atoms with E-state index < -0.39 is 32.5 Å². The third-order valence-electron chi connectivity index (χ3n) is 6.63. The van der Waals surface area contributed by atoms with Crippen LogP contribution in [0.25, 0.3) is 0 Å². The Bertz CT molecular complexity index is 683. The number of quaternary nitrogens is 1. The van der Waals surface area contributed by atoms with E-state index in [0.717, 1.165) is 38.5 Å². The van der Waals surface area contributed by atoms with E-state index in [9.17, 15) is 19.0 Å². The Labute approximate surface area is 244 Å². The van der Waals surface area contributed by atoms with Crippen molar-refractivity contribution < 1.29 is 42.1 Å².